The predicted octanol–water partition coefficient (Wildman–Crippen LogP) is 3.53. The van der Waals surface area contributed by atoms with E-state index in [9.17, 15) is 4.79 Å². The Morgan fingerprint density at radius 2 is 1.75 bits per heavy atom. The summed E-state index contributed by atoms with van der Waals surface area (Å²) in [6.07, 6.45) is 1.28. The Hall–Kier alpha value is -1.03. The molecule has 0 N–H and O–H groups in total. The summed E-state index contributed by atoms with van der Waals surface area (Å²) in [5, 5.41) is 0.761. The van der Waals surface area contributed by atoms with E-state index in [0.29, 0.717) is 10.6 Å². The first-order valence-corrected chi connectivity index (χ1v) is 5.41. The van der Waals surface area contributed by atoms with Gasteiger partial charge in [-0.1, -0.05) is 34.8 Å². The summed E-state index contributed by atoms with van der Waals surface area (Å²) in [4.78, 5) is 15.7. The number of aromatic nitrogens is 2. The molecule has 0 fully saturated rings. The molecule has 3 nitrogen and oxygen atoms in total. The van der Waals surface area contributed by atoms with Gasteiger partial charge in [-0.25, -0.2) is 4.98 Å². The van der Waals surface area contributed by atoms with Crippen molar-refractivity contribution in [1.82, 2.24) is 9.55 Å². The van der Waals surface area contributed by atoms with E-state index in [1.54, 1.807) is 24.3 Å². The zero-order chi connectivity index (χ0) is 11.7. The first-order valence-electron chi connectivity index (χ1n) is 4.28. The molecule has 0 spiro atoms. The smallest absolute Gasteiger partial charge is 0.264 e. The third-order valence-corrected chi connectivity index (χ3v) is 2.96. The summed E-state index contributed by atoms with van der Waals surface area (Å²) in [5.41, 5.74) is 0.459. The van der Waals surface area contributed by atoms with E-state index in [4.69, 9.17) is 34.8 Å². The van der Waals surface area contributed by atoms with Gasteiger partial charge in [0.25, 0.3) is 5.91 Å². The Morgan fingerprint density at radius 1 is 1.12 bits per heavy atom. The third-order valence-electron chi connectivity index (χ3n) is 1.98. The van der Waals surface area contributed by atoms with E-state index < -0.39 is 0 Å². The number of nitrogens with zero attached hydrogens (tertiary/aromatic N) is 2. The molecule has 0 radical (unpaired) electrons. The summed E-state index contributed by atoms with van der Waals surface area (Å²) in [6.45, 7) is 0. The minimum absolute atomic E-state index is 0.0987. The van der Waals surface area contributed by atoms with Crippen LogP contribution < -0.4 is 0 Å². The maximum absolute atomic E-state index is 11.9. The van der Waals surface area contributed by atoms with Gasteiger partial charge in [0, 0.05) is 10.6 Å². The molecule has 0 saturated heterocycles. The number of benzene rings is 1. The van der Waals surface area contributed by atoms with Crippen LogP contribution in [0.1, 0.15) is 10.4 Å². The monoisotopic (exact) mass is 274 g/mol. The fourth-order valence-corrected chi connectivity index (χ4v) is 1.61. The van der Waals surface area contributed by atoms with Gasteiger partial charge >= 0.3 is 0 Å². The molecule has 16 heavy (non-hydrogen) atoms. The first-order chi connectivity index (χ1) is 7.59. The zero-order valence-corrected chi connectivity index (χ0v) is 10.1. The van der Waals surface area contributed by atoms with Crippen molar-refractivity contribution in [3.05, 3.63) is 51.5 Å². The molecule has 0 aliphatic carbocycles. The number of carbonyl (C=O) groups excluding carboxylic acids is 1. The highest BCUT2D eigenvalue weighted by Crippen LogP contribution is 2.21. The van der Waals surface area contributed by atoms with E-state index in [0.717, 1.165) is 0 Å². The Labute approximate surface area is 107 Å². The molecule has 1 heterocycles. The molecule has 0 atom stereocenters. The lowest BCUT2D eigenvalue weighted by molar-refractivity contribution is 0.0960. The topological polar surface area (TPSA) is 34.9 Å². The molecular formula is C10H5Cl3N2O. The van der Waals surface area contributed by atoms with Gasteiger partial charge in [-0.05, 0) is 24.3 Å². The van der Waals surface area contributed by atoms with Gasteiger partial charge in [0.15, 0.2) is 10.3 Å². The summed E-state index contributed by atoms with van der Waals surface area (Å²) in [5.74, 6) is -0.305. The van der Waals surface area contributed by atoms with Crippen LogP contribution in [0.3, 0.4) is 0 Å². The second kappa shape index (κ2) is 4.45. The number of halogens is 3. The van der Waals surface area contributed by atoms with Crippen LogP contribution in [-0.4, -0.2) is 15.5 Å². The van der Waals surface area contributed by atoms with Gasteiger partial charge in [-0.2, -0.15) is 0 Å². The van der Waals surface area contributed by atoms with Crippen LogP contribution in [0.4, 0.5) is 0 Å². The van der Waals surface area contributed by atoms with Crippen molar-refractivity contribution in [3.63, 3.8) is 0 Å². The minimum atomic E-state index is -0.305. The molecule has 0 aliphatic rings. The highest BCUT2D eigenvalue weighted by Gasteiger charge is 2.14. The lowest BCUT2D eigenvalue weighted by Gasteiger charge is -2.02. The van der Waals surface area contributed by atoms with Gasteiger partial charge in [0.2, 0.25) is 0 Å². The van der Waals surface area contributed by atoms with Crippen LogP contribution in [-0.2, 0) is 0 Å². The van der Waals surface area contributed by atoms with Crippen molar-refractivity contribution >= 4 is 40.7 Å². The van der Waals surface area contributed by atoms with Gasteiger partial charge in [-0.3, -0.25) is 9.36 Å². The van der Waals surface area contributed by atoms with Crippen molar-refractivity contribution in [2.45, 2.75) is 0 Å². The zero-order valence-electron chi connectivity index (χ0n) is 7.82. The Kier molecular flexibility index (Phi) is 3.19. The molecule has 1 aromatic carbocycles. The fourth-order valence-electron chi connectivity index (χ4n) is 1.18. The quantitative estimate of drug-likeness (QED) is 0.798. The molecule has 0 aliphatic heterocycles. The van der Waals surface area contributed by atoms with E-state index in [1.807, 2.05) is 0 Å². The van der Waals surface area contributed by atoms with Crippen molar-refractivity contribution in [2.75, 3.05) is 0 Å². The predicted molar refractivity (Wildman–Crippen MR) is 63.4 cm³/mol. The normalized spacial score (nSPS) is 10.4. The van der Waals surface area contributed by atoms with Gasteiger partial charge in [0.1, 0.15) is 6.33 Å². The number of rotatable bonds is 1. The molecule has 2 aromatic rings. The number of imidazole rings is 1. The maximum Gasteiger partial charge on any atom is 0.264 e. The highest BCUT2D eigenvalue weighted by atomic mass is 35.5. The van der Waals surface area contributed by atoms with E-state index in [2.05, 4.69) is 4.98 Å². The lowest BCUT2D eigenvalue weighted by atomic mass is 10.2. The largest absolute Gasteiger partial charge is 0.268 e. The lowest BCUT2D eigenvalue weighted by Crippen LogP contribution is -2.10. The van der Waals surface area contributed by atoms with Gasteiger partial charge < -0.3 is 0 Å². The second-order valence-electron chi connectivity index (χ2n) is 3.01. The van der Waals surface area contributed by atoms with E-state index >= 15 is 0 Å². The van der Waals surface area contributed by atoms with Crippen molar-refractivity contribution in [1.29, 1.82) is 0 Å². The number of hydrogen-bond acceptors (Lipinski definition) is 2. The molecule has 0 bridgehead atoms. The molecule has 6 heteroatoms. The van der Waals surface area contributed by atoms with Crippen molar-refractivity contribution in [3.8, 4) is 0 Å². The van der Waals surface area contributed by atoms with Crippen LogP contribution in [0.15, 0.2) is 30.6 Å². The van der Waals surface area contributed by atoms with Crippen molar-refractivity contribution in [2.24, 2.45) is 0 Å². The molecule has 0 amide bonds. The van der Waals surface area contributed by atoms with Crippen molar-refractivity contribution < 1.29 is 4.79 Å². The summed E-state index contributed by atoms with van der Waals surface area (Å²) < 4.78 is 1.17. The third kappa shape index (κ3) is 2.07. The molecule has 2 rings (SSSR count). The molecular weight excluding hydrogens is 270 g/mol. The standard InChI is InChI=1S/C10H5Cl3N2O/c11-7-3-1-6(2-4-7)10(16)15-5-14-8(12)9(15)13/h1-5H. The van der Waals surface area contributed by atoms with E-state index in [1.165, 1.54) is 10.9 Å². The SMILES string of the molecule is O=C(c1ccc(Cl)cc1)n1cnc(Cl)c1Cl. The second-order valence-corrected chi connectivity index (χ2v) is 4.16. The average molecular weight is 276 g/mol. The van der Waals surface area contributed by atoms with Crippen LogP contribution in [0.25, 0.3) is 0 Å². The Balaban J connectivity index is 2.39. The highest BCUT2D eigenvalue weighted by molar-refractivity contribution is 6.41. The summed E-state index contributed by atoms with van der Waals surface area (Å²) in [7, 11) is 0. The average Bonchev–Trinajstić information content (AvgIpc) is 2.60. The first kappa shape index (κ1) is 11.5. The van der Waals surface area contributed by atoms with E-state index in [-0.39, 0.29) is 16.2 Å². The van der Waals surface area contributed by atoms with Gasteiger partial charge in [-0.15, -0.1) is 0 Å². The fraction of sp³-hybridized carbons (Fsp3) is 0. The molecule has 1 aromatic heterocycles. The van der Waals surface area contributed by atoms with Gasteiger partial charge in [0.05, 0.1) is 0 Å². The number of hydrogen-bond donors (Lipinski definition) is 0. The minimum Gasteiger partial charge on any atom is -0.268 e. The van der Waals surface area contributed by atoms with Crippen LogP contribution in [0.2, 0.25) is 15.3 Å². The maximum atomic E-state index is 11.9. The molecule has 0 unspecified atom stereocenters. The molecule has 82 valence electrons. The van der Waals surface area contributed by atoms with Crippen LogP contribution >= 0.6 is 34.8 Å². The van der Waals surface area contributed by atoms with Crippen LogP contribution in [0.5, 0.6) is 0 Å². The Morgan fingerprint density at radius 3 is 2.25 bits per heavy atom. The number of carbonyl (C=O) groups is 1. The summed E-state index contributed by atoms with van der Waals surface area (Å²) in [6, 6.07) is 6.46. The Bertz CT molecular complexity index is 533. The van der Waals surface area contributed by atoms with Crippen LogP contribution in [0, 0.1) is 0 Å². The summed E-state index contributed by atoms with van der Waals surface area (Å²) >= 11 is 17.2. The molecule has 0 saturated carbocycles.